The first-order valence-corrected chi connectivity index (χ1v) is 7.05. The second-order valence-corrected chi connectivity index (χ2v) is 5.62. The van der Waals surface area contributed by atoms with Crippen molar-refractivity contribution < 1.29 is 9.90 Å². The maximum Gasteiger partial charge on any atom is 0.304 e. The van der Waals surface area contributed by atoms with Crippen molar-refractivity contribution in [2.45, 2.75) is 45.2 Å². The first-order chi connectivity index (χ1) is 8.13. The van der Waals surface area contributed by atoms with Crippen LogP contribution in [0.2, 0.25) is 0 Å². The molecule has 0 spiro atoms. The Kier molecular flexibility index (Phi) is 3.84. The molecule has 4 heteroatoms. The number of aliphatic carboxylic acids is 1. The minimum Gasteiger partial charge on any atom is -0.481 e. The van der Waals surface area contributed by atoms with Crippen LogP contribution in [0.4, 0.5) is 0 Å². The summed E-state index contributed by atoms with van der Waals surface area (Å²) >= 11 is 1.82. The molecule has 0 aromatic carbocycles. The predicted octanol–water partition coefficient (Wildman–Crippen LogP) is 2.92. The van der Waals surface area contributed by atoms with Gasteiger partial charge in [-0.05, 0) is 36.8 Å². The molecule has 94 valence electrons. The number of fused-ring (bicyclic) bond motifs is 1. The van der Waals surface area contributed by atoms with E-state index in [-0.39, 0.29) is 12.5 Å². The first-order valence-electron chi connectivity index (χ1n) is 6.17. The molecular weight excluding hydrogens is 234 g/mol. The van der Waals surface area contributed by atoms with Crippen LogP contribution in [0, 0.1) is 0 Å². The van der Waals surface area contributed by atoms with Gasteiger partial charge in [0.2, 0.25) is 0 Å². The fourth-order valence-corrected chi connectivity index (χ4v) is 3.69. The molecule has 2 rings (SSSR count). The molecule has 0 radical (unpaired) electrons. The molecule has 0 fully saturated rings. The van der Waals surface area contributed by atoms with Crippen molar-refractivity contribution in [1.82, 2.24) is 4.90 Å². The number of carbonyl (C=O) groups is 1. The predicted molar refractivity (Wildman–Crippen MR) is 69.5 cm³/mol. The summed E-state index contributed by atoms with van der Waals surface area (Å²) in [7, 11) is 0. The van der Waals surface area contributed by atoms with Gasteiger partial charge in [0.15, 0.2) is 0 Å². The second kappa shape index (κ2) is 5.19. The van der Waals surface area contributed by atoms with Crippen molar-refractivity contribution in [3.63, 3.8) is 0 Å². The molecule has 2 atom stereocenters. The van der Waals surface area contributed by atoms with Gasteiger partial charge in [-0.15, -0.1) is 11.3 Å². The van der Waals surface area contributed by atoms with Crippen molar-refractivity contribution in [2.24, 2.45) is 0 Å². The Morgan fingerprint density at radius 1 is 1.71 bits per heavy atom. The van der Waals surface area contributed by atoms with E-state index in [9.17, 15) is 4.79 Å². The Morgan fingerprint density at radius 2 is 2.47 bits per heavy atom. The van der Waals surface area contributed by atoms with Crippen molar-refractivity contribution in [3.8, 4) is 0 Å². The average Bonchev–Trinajstić information content (AvgIpc) is 2.75. The number of carboxylic acid groups (broad SMARTS) is 1. The minimum atomic E-state index is -0.694. The highest BCUT2D eigenvalue weighted by Crippen LogP contribution is 2.35. The molecule has 1 aromatic rings. The Morgan fingerprint density at radius 3 is 3.12 bits per heavy atom. The van der Waals surface area contributed by atoms with Gasteiger partial charge in [-0.2, -0.15) is 0 Å². The minimum absolute atomic E-state index is 0.163. The quantitative estimate of drug-likeness (QED) is 0.897. The summed E-state index contributed by atoms with van der Waals surface area (Å²) in [4.78, 5) is 14.7. The lowest BCUT2D eigenvalue weighted by Crippen LogP contribution is -2.42. The van der Waals surface area contributed by atoms with Gasteiger partial charge < -0.3 is 5.11 Å². The molecule has 0 saturated heterocycles. The van der Waals surface area contributed by atoms with E-state index in [1.807, 2.05) is 11.3 Å². The maximum absolute atomic E-state index is 10.9. The molecule has 1 aromatic heterocycles. The summed E-state index contributed by atoms with van der Waals surface area (Å²) in [6.45, 7) is 5.25. The topological polar surface area (TPSA) is 40.5 Å². The van der Waals surface area contributed by atoms with Gasteiger partial charge in [0.05, 0.1) is 6.42 Å². The summed E-state index contributed by atoms with van der Waals surface area (Å²) in [5.74, 6) is -0.694. The molecule has 2 heterocycles. The molecule has 17 heavy (non-hydrogen) atoms. The van der Waals surface area contributed by atoms with Crippen LogP contribution < -0.4 is 0 Å². The highest BCUT2D eigenvalue weighted by atomic mass is 32.1. The van der Waals surface area contributed by atoms with Gasteiger partial charge in [0, 0.05) is 23.5 Å². The van der Waals surface area contributed by atoms with Crippen molar-refractivity contribution in [2.75, 3.05) is 6.54 Å². The highest BCUT2D eigenvalue weighted by molar-refractivity contribution is 7.10. The third kappa shape index (κ3) is 2.53. The third-order valence-electron chi connectivity index (χ3n) is 3.68. The van der Waals surface area contributed by atoms with E-state index in [0.717, 1.165) is 19.4 Å². The normalized spacial score (nSPS) is 22.1. The van der Waals surface area contributed by atoms with Crippen LogP contribution in [0.25, 0.3) is 0 Å². The average molecular weight is 253 g/mol. The van der Waals surface area contributed by atoms with E-state index >= 15 is 0 Å². The Hall–Kier alpha value is -0.870. The summed E-state index contributed by atoms with van der Waals surface area (Å²) in [6.07, 6.45) is 2.21. The number of carboxylic acids is 1. The number of hydrogen-bond donors (Lipinski definition) is 1. The standard InChI is InChI=1S/C13H19NO2S/c1-3-10(8-13(15)16)14-6-4-12-11(9(14)2)5-7-17-12/h5,7,9-10H,3-4,6,8H2,1-2H3,(H,15,16). The molecule has 3 nitrogen and oxygen atoms in total. The highest BCUT2D eigenvalue weighted by Gasteiger charge is 2.30. The van der Waals surface area contributed by atoms with Gasteiger partial charge in [-0.3, -0.25) is 9.69 Å². The zero-order valence-corrected chi connectivity index (χ0v) is 11.2. The molecule has 0 bridgehead atoms. The van der Waals surface area contributed by atoms with E-state index in [1.54, 1.807) is 0 Å². The van der Waals surface area contributed by atoms with Crippen molar-refractivity contribution in [1.29, 1.82) is 0 Å². The first kappa shape index (κ1) is 12.6. The maximum atomic E-state index is 10.9. The Labute approximate surface area is 106 Å². The van der Waals surface area contributed by atoms with Crippen LogP contribution in [0.1, 0.15) is 43.2 Å². The van der Waals surface area contributed by atoms with E-state index < -0.39 is 5.97 Å². The van der Waals surface area contributed by atoms with Crippen molar-refractivity contribution >= 4 is 17.3 Å². The molecular formula is C13H19NO2S. The zero-order valence-electron chi connectivity index (χ0n) is 10.3. The van der Waals surface area contributed by atoms with Crippen LogP contribution in [-0.4, -0.2) is 28.6 Å². The SMILES string of the molecule is CCC(CC(=O)O)N1CCc2sccc2C1C. The lowest BCUT2D eigenvalue weighted by molar-refractivity contribution is -0.138. The smallest absolute Gasteiger partial charge is 0.304 e. The number of thiophene rings is 1. The number of rotatable bonds is 4. The van der Waals surface area contributed by atoms with Crippen LogP contribution in [-0.2, 0) is 11.2 Å². The summed E-state index contributed by atoms with van der Waals surface area (Å²) in [5, 5.41) is 11.1. The fraction of sp³-hybridized carbons (Fsp3) is 0.615. The Bertz CT molecular complexity index is 402. The third-order valence-corrected chi connectivity index (χ3v) is 4.67. The molecule has 1 N–H and O–H groups in total. The monoisotopic (exact) mass is 253 g/mol. The van der Waals surface area contributed by atoms with Gasteiger partial charge in [-0.1, -0.05) is 6.92 Å². The molecule has 0 amide bonds. The summed E-state index contributed by atoms with van der Waals surface area (Å²) < 4.78 is 0. The van der Waals surface area contributed by atoms with Crippen LogP contribution >= 0.6 is 11.3 Å². The largest absolute Gasteiger partial charge is 0.481 e. The van der Waals surface area contributed by atoms with Crippen LogP contribution in [0.5, 0.6) is 0 Å². The fourth-order valence-electron chi connectivity index (χ4n) is 2.73. The van der Waals surface area contributed by atoms with Gasteiger partial charge in [0.1, 0.15) is 0 Å². The second-order valence-electron chi connectivity index (χ2n) is 4.62. The number of hydrogen-bond acceptors (Lipinski definition) is 3. The molecule has 2 unspecified atom stereocenters. The lowest BCUT2D eigenvalue weighted by atomic mass is 9.97. The molecule has 1 aliphatic rings. The zero-order chi connectivity index (χ0) is 12.4. The van der Waals surface area contributed by atoms with Gasteiger partial charge in [0.25, 0.3) is 0 Å². The van der Waals surface area contributed by atoms with E-state index in [0.29, 0.717) is 6.04 Å². The van der Waals surface area contributed by atoms with E-state index in [2.05, 4.69) is 30.2 Å². The van der Waals surface area contributed by atoms with Crippen LogP contribution in [0.15, 0.2) is 11.4 Å². The molecule has 0 saturated carbocycles. The summed E-state index contributed by atoms with van der Waals surface area (Å²) in [6, 6.07) is 2.70. The van der Waals surface area contributed by atoms with Gasteiger partial charge in [-0.25, -0.2) is 0 Å². The number of nitrogens with zero attached hydrogens (tertiary/aromatic N) is 1. The van der Waals surface area contributed by atoms with Crippen molar-refractivity contribution in [3.05, 3.63) is 21.9 Å². The lowest BCUT2D eigenvalue weighted by Gasteiger charge is -2.38. The van der Waals surface area contributed by atoms with E-state index in [4.69, 9.17) is 5.11 Å². The van der Waals surface area contributed by atoms with Crippen LogP contribution in [0.3, 0.4) is 0 Å². The molecule has 1 aliphatic heterocycles. The van der Waals surface area contributed by atoms with E-state index in [1.165, 1.54) is 10.4 Å². The Balaban J connectivity index is 2.15. The van der Waals surface area contributed by atoms with Gasteiger partial charge >= 0.3 is 5.97 Å². The summed E-state index contributed by atoms with van der Waals surface area (Å²) in [5.41, 5.74) is 1.39. The molecule has 0 aliphatic carbocycles.